The van der Waals surface area contributed by atoms with Gasteiger partial charge >= 0.3 is 0 Å². The fourth-order valence-electron chi connectivity index (χ4n) is 3.80. The van der Waals surface area contributed by atoms with Crippen molar-refractivity contribution in [2.45, 2.75) is 51.6 Å². The lowest BCUT2D eigenvalue weighted by molar-refractivity contribution is 0.0948. The van der Waals surface area contributed by atoms with Crippen molar-refractivity contribution < 1.29 is 4.79 Å². The first kappa shape index (κ1) is 17.4. The number of fused-ring (bicyclic) bond motifs is 1. The van der Waals surface area contributed by atoms with Crippen LogP contribution in [0, 0.1) is 6.92 Å². The predicted octanol–water partition coefficient (Wildman–Crippen LogP) is 3.18. The molecule has 2 aromatic heterocycles. The van der Waals surface area contributed by atoms with Crippen LogP contribution in [0.5, 0.6) is 0 Å². The molecule has 0 saturated heterocycles. The maximum Gasteiger partial charge on any atom is 0.255 e. The van der Waals surface area contributed by atoms with Gasteiger partial charge in [-0.3, -0.25) is 4.79 Å². The Balaban J connectivity index is 1.41. The molecule has 0 radical (unpaired) electrons. The molecule has 8 heteroatoms. The van der Waals surface area contributed by atoms with E-state index in [-0.39, 0.29) is 5.91 Å². The lowest BCUT2D eigenvalue weighted by Crippen LogP contribution is -2.25. The minimum Gasteiger partial charge on any atom is -0.345 e. The highest BCUT2D eigenvalue weighted by Gasteiger charge is 2.33. The highest BCUT2D eigenvalue weighted by Crippen LogP contribution is 2.42. The molecule has 7 nitrogen and oxygen atoms in total. The molecule has 144 valence electrons. The summed E-state index contributed by atoms with van der Waals surface area (Å²) in [5.41, 5.74) is 3.49. The Morgan fingerprint density at radius 1 is 1.32 bits per heavy atom. The van der Waals surface area contributed by atoms with Crippen LogP contribution in [0.3, 0.4) is 0 Å². The summed E-state index contributed by atoms with van der Waals surface area (Å²) in [5, 5.41) is 16.6. The quantitative estimate of drug-likeness (QED) is 0.718. The van der Waals surface area contributed by atoms with Gasteiger partial charge < -0.3 is 9.88 Å². The monoisotopic (exact) mass is 396 g/mol. The summed E-state index contributed by atoms with van der Waals surface area (Å²) < 4.78 is 3.95. The van der Waals surface area contributed by atoms with Gasteiger partial charge in [0.1, 0.15) is 5.82 Å². The highest BCUT2D eigenvalue weighted by atomic mass is 35.5. The van der Waals surface area contributed by atoms with E-state index in [1.165, 1.54) is 0 Å². The second-order valence-electron chi connectivity index (χ2n) is 7.53. The van der Waals surface area contributed by atoms with Gasteiger partial charge in [-0.05, 0) is 43.9 Å². The Hall–Kier alpha value is -2.67. The van der Waals surface area contributed by atoms with Crippen LogP contribution >= 0.6 is 11.6 Å². The van der Waals surface area contributed by atoms with Gasteiger partial charge in [-0.25, -0.2) is 4.68 Å². The zero-order valence-electron chi connectivity index (χ0n) is 15.7. The lowest BCUT2D eigenvalue weighted by Gasteiger charge is -2.10. The smallest absolute Gasteiger partial charge is 0.255 e. The molecule has 2 aliphatic rings. The maximum absolute atomic E-state index is 12.9. The van der Waals surface area contributed by atoms with E-state index < -0.39 is 0 Å². The molecule has 3 heterocycles. The first-order chi connectivity index (χ1) is 13.6. The van der Waals surface area contributed by atoms with Gasteiger partial charge in [0, 0.05) is 23.9 Å². The Labute approximate surface area is 167 Å². The van der Waals surface area contributed by atoms with E-state index in [1.54, 1.807) is 6.20 Å². The summed E-state index contributed by atoms with van der Waals surface area (Å²) in [6.45, 7) is 3.27. The zero-order chi connectivity index (χ0) is 19.3. The van der Waals surface area contributed by atoms with Crippen LogP contribution in [0.1, 0.15) is 58.4 Å². The van der Waals surface area contributed by atoms with E-state index >= 15 is 0 Å². The van der Waals surface area contributed by atoms with Crippen molar-refractivity contribution in [3.8, 4) is 5.69 Å². The summed E-state index contributed by atoms with van der Waals surface area (Å²) in [7, 11) is 0. The van der Waals surface area contributed by atoms with Crippen molar-refractivity contribution in [3.63, 3.8) is 0 Å². The topological polar surface area (TPSA) is 77.6 Å². The van der Waals surface area contributed by atoms with Crippen LogP contribution in [0.2, 0.25) is 5.02 Å². The van der Waals surface area contributed by atoms with E-state index in [9.17, 15) is 4.79 Å². The molecule has 1 N–H and O–H groups in total. The number of amides is 1. The summed E-state index contributed by atoms with van der Waals surface area (Å²) in [6, 6.07) is 5.86. The molecule has 0 bridgehead atoms. The molecule has 0 unspecified atom stereocenters. The lowest BCUT2D eigenvalue weighted by atomic mass is 10.1. The standard InChI is InChI=1S/C20H21ClN6O/c1-12-4-7-14(9-16(12)21)27-19(13-5-6-13)15(10-23-27)20(28)22-11-18-25-24-17-3-2-8-26(17)18/h4,7,9-10,13H,2-3,5-6,8,11H2,1H3,(H,22,28). The molecule has 5 rings (SSSR count). The molecule has 1 aliphatic heterocycles. The third-order valence-electron chi connectivity index (χ3n) is 5.51. The number of aryl methyl sites for hydroxylation is 2. The van der Waals surface area contributed by atoms with Gasteiger partial charge in [0.15, 0.2) is 5.82 Å². The molecule has 1 saturated carbocycles. The number of aromatic nitrogens is 5. The molecule has 1 amide bonds. The number of hydrogen-bond acceptors (Lipinski definition) is 4. The van der Waals surface area contributed by atoms with Crippen molar-refractivity contribution in [2.75, 3.05) is 0 Å². The normalized spacial score (nSPS) is 15.6. The second kappa shape index (κ2) is 6.74. The van der Waals surface area contributed by atoms with E-state index in [4.69, 9.17) is 11.6 Å². The molecule has 0 spiro atoms. The number of hydrogen-bond donors (Lipinski definition) is 1. The minimum atomic E-state index is -0.123. The Morgan fingerprint density at radius 2 is 2.18 bits per heavy atom. The van der Waals surface area contributed by atoms with Crippen molar-refractivity contribution >= 4 is 17.5 Å². The van der Waals surface area contributed by atoms with Gasteiger partial charge in [0.2, 0.25) is 0 Å². The van der Waals surface area contributed by atoms with Crippen LogP contribution in [0.15, 0.2) is 24.4 Å². The average Bonchev–Trinajstić information content (AvgIpc) is 3.10. The van der Waals surface area contributed by atoms with Crippen LogP contribution in [0.25, 0.3) is 5.69 Å². The first-order valence-electron chi connectivity index (χ1n) is 9.65. The van der Waals surface area contributed by atoms with Crippen LogP contribution in [-0.4, -0.2) is 30.5 Å². The first-order valence-corrected chi connectivity index (χ1v) is 10.0. The number of halogens is 1. The van der Waals surface area contributed by atoms with Crippen LogP contribution in [-0.2, 0) is 19.5 Å². The molecule has 1 aliphatic carbocycles. The number of rotatable bonds is 5. The van der Waals surface area contributed by atoms with Gasteiger partial charge in [-0.2, -0.15) is 5.10 Å². The van der Waals surface area contributed by atoms with Crippen molar-refractivity contribution in [1.82, 2.24) is 29.9 Å². The van der Waals surface area contributed by atoms with Gasteiger partial charge in [0.25, 0.3) is 5.91 Å². The third-order valence-corrected chi connectivity index (χ3v) is 5.92. The molecular weight excluding hydrogens is 376 g/mol. The molecular formula is C20H21ClN6O. The fraction of sp³-hybridized carbons (Fsp3) is 0.400. The Morgan fingerprint density at radius 3 is 2.96 bits per heavy atom. The summed E-state index contributed by atoms with van der Waals surface area (Å²) in [6.07, 6.45) is 5.85. The maximum atomic E-state index is 12.9. The number of carbonyl (C=O) groups is 1. The minimum absolute atomic E-state index is 0.123. The molecule has 1 fully saturated rings. The summed E-state index contributed by atoms with van der Waals surface area (Å²) in [4.78, 5) is 12.9. The summed E-state index contributed by atoms with van der Waals surface area (Å²) >= 11 is 6.30. The van der Waals surface area contributed by atoms with E-state index in [0.29, 0.717) is 23.0 Å². The van der Waals surface area contributed by atoms with E-state index in [2.05, 4.69) is 25.2 Å². The Kier molecular flexibility index (Phi) is 4.19. The highest BCUT2D eigenvalue weighted by molar-refractivity contribution is 6.31. The molecule has 28 heavy (non-hydrogen) atoms. The number of nitrogens with one attached hydrogen (secondary N) is 1. The van der Waals surface area contributed by atoms with E-state index in [1.807, 2.05) is 29.8 Å². The third kappa shape index (κ3) is 2.99. The SMILES string of the molecule is Cc1ccc(-n2ncc(C(=O)NCc3nnc4n3CCC4)c2C2CC2)cc1Cl. The van der Waals surface area contributed by atoms with Gasteiger partial charge in [-0.1, -0.05) is 17.7 Å². The second-order valence-corrected chi connectivity index (χ2v) is 7.94. The number of nitrogens with zero attached hydrogens (tertiary/aromatic N) is 5. The van der Waals surface area contributed by atoms with Crippen molar-refractivity contribution in [3.05, 3.63) is 57.9 Å². The van der Waals surface area contributed by atoms with Crippen molar-refractivity contribution in [2.24, 2.45) is 0 Å². The van der Waals surface area contributed by atoms with Crippen LogP contribution in [0.4, 0.5) is 0 Å². The largest absolute Gasteiger partial charge is 0.345 e. The average molecular weight is 397 g/mol. The molecule has 0 atom stereocenters. The molecule has 3 aromatic rings. The van der Waals surface area contributed by atoms with Gasteiger partial charge in [0.05, 0.1) is 29.7 Å². The fourth-order valence-corrected chi connectivity index (χ4v) is 3.97. The number of benzene rings is 1. The summed E-state index contributed by atoms with van der Waals surface area (Å²) in [5.74, 6) is 2.06. The number of carbonyl (C=O) groups excluding carboxylic acids is 1. The van der Waals surface area contributed by atoms with E-state index in [0.717, 1.165) is 60.8 Å². The molecule has 1 aromatic carbocycles. The predicted molar refractivity (Wildman–Crippen MR) is 105 cm³/mol. The zero-order valence-corrected chi connectivity index (χ0v) is 16.4. The van der Waals surface area contributed by atoms with Gasteiger partial charge in [-0.15, -0.1) is 10.2 Å². The van der Waals surface area contributed by atoms with Crippen LogP contribution < -0.4 is 5.32 Å². The van der Waals surface area contributed by atoms with Crippen molar-refractivity contribution in [1.29, 1.82) is 0 Å². The Bertz CT molecular complexity index is 1060.